The SMILES string of the molecule is CCCCCC1CCC(C2CCC(CCF)CC2)CC1.CCOc1c(F)cc(-c2ccc(F)cc2)cc1F. The third kappa shape index (κ3) is 9.31. The third-order valence-corrected chi connectivity index (χ3v) is 8.65. The Kier molecular flexibility index (Phi) is 13.0. The van der Waals surface area contributed by atoms with Crippen LogP contribution in [0, 0.1) is 41.1 Å². The first kappa shape index (κ1) is 30.5. The van der Waals surface area contributed by atoms with Gasteiger partial charge in [0.05, 0.1) is 13.3 Å². The molecule has 0 saturated heterocycles. The van der Waals surface area contributed by atoms with Gasteiger partial charge in [0.2, 0.25) is 0 Å². The highest BCUT2D eigenvalue weighted by atomic mass is 19.1. The van der Waals surface area contributed by atoms with Crippen molar-refractivity contribution in [3.63, 3.8) is 0 Å². The highest BCUT2D eigenvalue weighted by Crippen LogP contribution is 2.42. The lowest BCUT2D eigenvalue weighted by atomic mass is 9.68. The molecule has 0 unspecified atom stereocenters. The van der Waals surface area contributed by atoms with Crippen LogP contribution < -0.4 is 4.74 Å². The quantitative estimate of drug-likeness (QED) is 0.218. The fourth-order valence-corrected chi connectivity index (χ4v) is 6.39. The molecule has 2 aromatic rings. The van der Waals surface area contributed by atoms with Crippen LogP contribution in [0.25, 0.3) is 11.1 Å². The van der Waals surface area contributed by atoms with Gasteiger partial charge in [0.1, 0.15) is 5.82 Å². The minimum absolute atomic E-state index is 0.0990. The highest BCUT2D eigenvalue weighted by molar-refractivity contribution is 5.64. The summed E-state index contributed by atoms with van der Waals surface area (Å²) >= 11 is 0. The van der Waals surface area contributed by atoms with E-state index in [9.17, 15) is 17.6 Å². The summed E-state index contributed by atoms with van der Waals surface area (Å²) in [6.45, 7) is 4.03. The van der Waals surface area contributed by atoms with Gasteiger partial charge in [0.25, 0.3) is 0 Å². The van der Waals surface area contributed by atoms with E-state index in [2.05, 4.69) is 6.92 Å². The number of halogens is 4. The van der Waals surface area contributed by atoms with Crippen LogP contribution in [0.1, 0.15) is 97.3 Å². The second-order valence-electron chi connectivity index (χ2n) is 11.2. The summed E-state index contributed by atoms with van der Waals surface area (Å²) < 4.78 is 57.3. The molecule has 2 saturated carbocycles. The average molecular weight is 535 g/mol. The van der Waals surface area contributed by atoms with Crippen LogP contribution in [0.3, 0.4) is 0 Å². The predicted molar refractivity (Wildman–Crippen MR) is 149 cm³/mol. The number of hydrogen-bond acceptors (Lipinski definition) is 1. The molecule has 4 rings (SSSR count). The van der Waals surface area contributed by atoms with Gasteiger partial charge in [0.15, 0.2) is 17.4 Å². The monoisotopic (exact) mass is 534 g/mol. The van der Waals surface area contributed by atoms with Crippen molar-refractivity contribution in [2.75, 3.05) is 13.3 Å². The molecule has 2 fully saturated rings. The van der Waals surface area contributed by atoms with Gasteiger partial charge in [-0.15, -0.1) is 0 Å². The number of rotatable bonds is 10. The highest BCUT2D eigenvalue weighted by Gasteiger charge is 2.30. The van der Waals surface area contributed by atoms with Crippen molar-refractivity contribution in [2.45, 2.75) is 97.3 Å². The summed E-state index contributed by atoms with van der Waals surface area (Å²) in [6, 6.07) is 7.74. The minimum Gasteiger partial charge on any atom is -0.488 e. The Labute approximate surface area is 227 Å². The maximum absolute atomic E-state index is 13.6. The first-order chi connectivity index (χ1) is 18.4. The van der Waals surface area contributed by atoms with E-state index in [0.717, 1.165) is 24.2 Å². The van der Waals surface area contributed by atoms with Gasteiger partial charge in [-0.05, 0) is 98.1 Å². The Morgan fingerprint density at radius 2 is 1.21 bits per heavy atom. The minimum atomic E-state index is -0.767. The summed E-state index contributed by atoms with van der Waals surface area (Å²) in [5, 5.41) is 0. The van der Waals surface area contributed by atoms with Crippen LogP contribution in [0.5, 0.6) is 5.75 Å². The van der Waals surface area contributed by atoms with Gasteiger partial charge in [-0.25, -0.2) is 13.2 Å². The molecule has 0 N–H and O–H groups in total. The largest absolute Gasteiger partial charge is 0.488 e. The van der Waals surface area contributed by atoms with E-state index in [1.54, 1.807) is 6.92 Å². The molecule has 0 spiro atoms. The first-order valence-electron chi connectivity index (χ1n) is 14.9. The molecule has 38 heavy (non-hydrogen) atoms. The summed E-state index contributed by atoms with van der Waals surface area (Å²) in [7, 11) is 0. The molecule has 2 aromatic carbocycles. The summed E-state index contributed by atoms with van der Waals surface area (Å²) in [4.78, 5) is 0. The number of alkyl halides is 1. The number of ether oxygens (including phenoxy) is 1. The normalized spacial score (nSPS) is 23.4. The summed E-state index contributed by atoms with van der Waals surface area (Å²) in [6.07, 6.45) is 18.0. The molecule has 0 radical (unpaired) electrons. The molecule has 2 aliphatic carbocycles. The van der Waals surface area contributed by atoms with Crippen molar-refractivity contribution in [2.24, 2.45) is 23.7 Å². The molecule has 2 aliphatic rings. The lowest BCUT2D eigenvalue weighted by Gasteiger charge is -2.37. The zero-order valence-corrected chi connectivity index (χ0v) is 23.3. The van der Waals surface area contributed by atoms with Gasteiger partial charge >= 0.3 is 0 Å². The van der Waals surface area contributed by atoms with Gasteiger partial charge in [-0.1, -0.05) is 70.4 Å². The van der Waals surface area contributed by atoms with Crippen LogP contribution in [-0.4, -0.2) is 13.3 Å². The van der Waals surface area contributed by atoms with E-state index in [0.29, 0.717) is 17.0 Å². The van der Waals surface area contributed by atoms with Gasteiger partial charge < -0.3 is 4.74 Å². The van der Waals surface area contributed by atoms with Crippen LogP contribution in [0.15, 0.2) is 36.4 Å². The Hall–Kier alpha value is -2.04. The van der Waals surface area contributed by atoms with Gasteiger partial charge in [0, 0.05) is 0 Å². The molecule has 0 atom stereocenters. The van der Waals surface area contributed by atoms with Crippen molar-refractivity contribution in [3.8, 4) is 16.9 Å². The fraction of sp³-hybridized carbons (Fsp3) is 0.636. The predicted octanol–water partition coefficient (Wildman–Crippen LogP) is 10.7. The second-order valence-corrected chi connectivity index (χ2v) is 11.2. The number of benzene rings is 2. The fourth-order valence-electron chi connectivity index (χ4n) is 6.39. The van der Waals surface area contributed by atoms with Crippen molar-refractivity contribution in [1.82, 2.24) is 0 Å². The third-order valence-electron chi connectivity index (χ3n) is 8.65. The van der Waals surface area contributed by atoms with Gasteiger partial charge in [-0.3, -0.25) is 4.39 Å². The molecule has 0 aliphatic heterocycles. The van der Waals surface area contributed by atoms with Crippen molar-refractivity contribution >= 4 is 0 Å². The van der Waals surface area contributed by atoms with Crippen LogP contribution in [-0.2, 0) is 0 Å². The average Bonchev–Trinajstić information content (AvgIpc) is 2.93. The molecule has 0 amide bonds. The lowest BCUT2D eigenvalue weighted by Crippen LogP contribution is -2.26. The van der Waals surface area contributed by atoms with Crippen LogP contribution in [0.4, 0.5) is 17.6 Å². The Bertz CT molecular complexity index is 906. The maximum Gasteiger partial charge on any atom is 0.190 e. The summed E-state index contributed by atoms with van der Waals surface area (Å²) in [5.74, 6) is 1.44. The van der Waals surface area contributed by atoms with Crippen molar-refractivity contribution < 1.29 is 22.3 Å². The van der Waals surface area contributed by atoms with E-state index in [1.165, 1.54) is 113 Å². The summed E-state index contributed by atoms with van der Waals surface area (Å²) in [5.41, 5.74) is 0.880. The molecular weight excluding hydrogens is 488 g/mol. The Morgan fingerprint density at radius 1 is 0.684 bits per heavy atom. The van der Waals surface area contributed by atoms with Gasteiger partial charge in [-0.2, -0.15) is 0 Å². The molecule has 0 heterocycles. The van der Waals surface area contributed by atoms with E-state index in [1.807, 2.05) is 0 Å². The number of unbranched alkanes of at least 4 members (excludes halogenated alkanes) is 2. The zero-order valence-electron chi connectivity index (χ0n) is 23.3. The molecule has 212 valence electrons. The van der Waals surface area contributed by atoms with E-state index >= 15 is 0 Å². The van der Waals surface area contributed by atoms with Crippen molar-refractivity contribution in [3.05, 3.63) is 53.8 Å². The Morgan fingerprint density at radius 3 is 1.68 bits per heavy atom. The van der Waals surface area contributed by atoms with E-state index in [-0.39, 0.29) is 19.0 Å². The molecule has 0 aromatic heterocycles. The van der Waals surface area contributed by atoms with Crippen LogP contribution in [0.2, 0.25) is 0 Å². The first-order valence-corrected chi connectivity index (χ1v) is 14.9. The molecular formula is C33H46F4O. The molecule has 5 heteroatoms. The maximum atomic E-state index is 13.6. The zero-order chi connectivity index (χ0) is 27.3. The second kappa shape index (κ2) is 16.2. The molecule has 0 bridgehead atoms. The lowest BCUT2D eigenvalue weighted by molar-refractivity contribution is 0.138. The molecule has 1 nitrogen and oxygen atoms in total. The number of hydrogen-bond donors (Lipinski definition) is 0. The smallest absolute Gasteiger partial charge is 0.190 e. The van der Waals surface area contributed by atoms with E-state index in [4.69, 9.17) is 4.74 Å². The van der Waals surface area contributed by atoms with E-state index < -0.39 is 17.5 Å². The standard InChI is InChI=1S/C19H35F.C14H11F3O/c1-2-3-4-5-16-6-10-18(11-7-16)19-12-8-17(9-13-19)14-15-20;1-2-18-14-12(16)7-10(8-13(14)17)9-3-5-11(15)6-4-9/h16-19H,2-15H2,1H3;3-8H,2H2,1H3. The Balaban J connectivity index is 0.000000212. The van der Waals surface area contributed by atoms with Crippen molar-refractivity contribution in [1.29, 1.82) is 0 Å². The van der Waals surface area contributed by atoms with Crippen LogP contribution >= 0.6 is 0 Å². The topological polar surface area (TPSA) is 9.23 Å².